The summed E-state index contributed by atoms with van der Waals surface area (Å²) < 4.78 is 17.5. The van der Waals surface area contributed by atoms with Crippen molar-refractivity contribution in [3.63, 3.8) is 0 Å². The minimum Gasteiger partial charge on any atom is -0.479 e. The molecule has 3 unspecified atom stereocenters. The third kappa shape index (κ3) is 3.72. The number of ether oxygens (including phenoxy) is 1. The van der Waals surface area contributed by atoms with Crippen LogP contribution in [0.4, 0.5) is 5.82 Å². The molecule has 1 aromatic rings. The highest BCUT2D eigenvalue weighted by atomic mass is 31.2. The highest BCUT2D eigenvalue weighted by Gasteiger charge is 2.40. The fourth-order valence-corrected chi connectivity index (χ4v) is 3.08. The first kappa shape index (κ1) is 16.6. The van der Waals surface area contributed by atoms with Crippen LogP contribution in [-0.4, -0.2) is 42.4 Å². The van der Waals surface area contributed by atoms with E-state index in [2.05, 4.69) is 4.98 Å². The lowest BCUT2D eigenvalue weighted by Crippen LogP contribution is -2.29. The fraction of sp³-hybridized carbons (Fsp3) is 0.545. The van der Waals surface area contributed by atoms with Crippen molar-refractivity contribution in [1.82, 2.24) is 9.55 Å². The highest BCUT2D eigenvalue weighted by Crippen LogP contribution is 2.44. The van der Waals surface area contributed by atoms with Crippen molar-refractivity contribution in [2.75, 3.05) is 5.73 Å². The Morgan fingerprint density at radius 3 is 2.73 bits per heavy atom. The van der Waals surface area contributed by atoms with Crippen LogP contribution in [0.3, 0.4) is 0 Å². The lowest BCUT2D eigenvalue weighted by Gasteiger charge is -2.20. The van der Waals surface area contributed by atoms with E-state index in [1.165, 1.54) is 16.8 Å². The highest BCUT2D eigenvalue weighted by molar-refractivity contribution is 7.53. The predicted octanol–water partition coefficient (Wildman–Crippen LogP) is -0.476. The van der Waals surface area contributed by atoms with E-state index in [4.69, 9.17) is 25.4 Å². The summed E-state index contributed by atoms with van der Waals surface area (Å²) >= 11 is 0. The minimum absolute atomic E-state index is 0.0967. The summed E-state index contributed by atoms with van der Waals surface area (Å²) in [6.45, 7) is 0. The maximum Gasteiger partial charge on any atom is 0.365 e. The topological polar surface area (TPSA) is 165 Å². The largest absolute Gasteiger partial charge is 0.479 e. The number of carboxylic acids is 1. The number of rotatable bonds is 5. The Labute approximate surface area is 124 Å². The molecule has 10 nitrogen and oxygen atoms in total. The number of hydrogen-bond donors (Lipinski definition) is 4. The van der Waals surface area contributed by atoms with Crippen LogP contribution in [0.15, 0.2) is 17.1 Å². The van der Waals surface area contributed by atoms with Gasteiger partial charge >= 0.3 is 19.3 Å². The van der Waals surface area contributed by atoms with E-state index < -0.39 is 31.2 Å². The third-order valence-electron chi connectivity index (χ3n) is 3.44. The molecule has 5 N–H and O–H groups in total. The Kier molecular flexibility index (Phi) is 4.66. The molecular formula is C11H16N3O7P. The molecule has 0 aromatic carbocycles. The maximum absolute atomic E-state index is 11.7. The van der Waals surface area contributed by atoms with Gasteiger partial charge in [-0.1, -0.05) is 0 Å². The lowest BCUT2D eigenvalue weighted by molar-refractivity contribution is -0.148. The number of carbonyl (C=O) groups is 1. The molecule has 1 fully saturated rings. The van der Waals surface area contributed by atoms with E-state index in [0.29, 0.717) is 12.8 Å². The van der Waals surface area contributed by atoms with Gasteiger partial charge in [0, 0.05) is 12.2 Å². The van der Waals surface area contributed by atoms with Crippen molar-refractivity contribution < 1.29 is 29.0 Å². The second-order valence-corrected chi connectivity index (χ2v) is 6.69. The molecule has 0 radical (unpaired) electrons. The van der Waals surface area contributed by atoms with E-state index in [9.17, 15) is 14.2 Å². The third-order valence-corrected chi connectivity index (χ3v) is 4.39. The van der Waals surface area contributed by atoms with Crippen LogP contribution >= 0.6 is 7.60 Å². The van der Waals surface area contributed by atoms with E-state index in [0.717, 1.165) is 0 Å². The summed E-state index contributed by atoms with van der Waals surface area (Å²) in [5.41, 5.74) is 4.87. The second-order valence-electron chi connectivity index (χ2n) is 5.05. The van der Waals surface area contributed by atoms with Gasteiger partial charge in [0.15, 0.2) is 0 Å². The van der Waals surface area contributed by atoms with Gasteiger partial charge in [-0.25, -0.2) is 9.59 Å². The Morgan fingerprint density at radius 2 is 2.18 bits per heavy atom. The molecule has 122 valence electrons. The molecule has 0 spiro atoms. The zero-order valence-electron chi connectivity index (χ0n) is 11.4. The lowest BCUT2D eigenvalue weighted by atomic mass is 10.2. The van der Waals surface area contributed by atoms with Crippen LogP contribution in [0.5, 0.6) is 0 Å². The standard InChI is InChI=1S/C11H16N3O7P/c12-8-3-4-14(11(17)13-8)6-1-2-7(5-6)21-10(9(15)16)22(18,19)20/h3-4,6-7,10H,1-2,5H2,(H,15,16)(H2,12,13,17)(H2,18,19,20). The molecule has 0 aliphatic heterocycles. The summed E-state index contributed by atoms with van der Waals surface area (Å²) in [5, 5.41) is 8.83. The zero-order valence-corrected chi connectivity index (χ0v) is 12.3. The second kappa shape index (κ2) is 6.17. The van der Waals surface area contributed by atoms with Crippen molar-refractivity contribution in [3.8, 4) is 0 Å². The molecule has 0 amide bonds. The molecule has 0 bridgehead atoms. The predicted molar refractivity (Wildman–Crippen MR) is 74.1 cm³/mol. The molecule has 11 heteroatoms. The summed E-state index contributed by atoms with van der Waals surface area (Å²) in [5.74, 6) is -3.82. The maximum atomic E-state index is 11.7. The van der Waals surface area contributed by atoms with E-state index in [1.54, 1.807) is 0 Å². The molecule has 1 aliphatic rings. The van der Waals surface area contributed by atoms with Crippen molar-refractivity contribution in [3.05, 3.63) is 22.7 Å². The molecule has 1 aliphatic carbocycles. The Balaban J connectivity index is 2.08. The summed E-state index contributed by atoms with van der Waals surface area (Å²) in [6, 6.07) is 1.18. The van der Waals surface area contributed by atoms with Crippen LogP contribution in [0, 0.1) is 0 Å². The first-order chi connectivity index (χ1) is 10.2. The molecule has 3 atom stereocenters. The van der Waals surface area contributed by atoms with E-state index in [-0.39, 0.29) is 18.3 Å². The molecule has 1 aromatic heterocycles. The molecule has 2 rings (SSSR count). The van der Waals surface area contributed by atoms with Crippen molar-refractivity contribution in [2.24, 2.45) is 0 Å². The van der Waals surface area contributed by atoms with Gasteiger partial charge in [0.2, 0.25) is 0 Å². The number of nitrogens with two attached hydrogens (primary N) is 1. The SMILES string of the molecule is Nc1ccn(C2CCC(OC(C(=O)O)P(=O)(O)O)C2)c(=O)n1. The van der Waals surface area contributed by atoms with Crippen molar-refractivity contribution in [2.45, 2.75) is 37.3 Å². The van der Waals surface area contributed by atoms with Gasteiger partial charge in [-0.05, 0) is 25.3 Å². The van der Waals surface area contributed by atoms with Gasteiger partial charge < -0.3 is 25.4 Å². The van der Waals surface area contributed by atoms with Gasteiger partial charge in [-0.15, -0.1) is 0 Å². The van der Waals surface area contributed by atoms with Crippen molar-refractivity contribution in [1.29, 1.82) is 0 Å². The molecule has 0 saturated heterocycles. The summed E-state index contributed by atoms with van der Waals surface area (Å²) in [6.07, 6.45) is 1.96. The number of aromatic nitrogens is 2. The van der Waals surface area contributed by atoms with Gasteiger partial charge in [0.1, 0.15) is 5.82 Å². The summed E-state index contributed by atoms with van der Waals surface area (Å²) in [4.78, 5) is 44.2. The zero-order chi connectivity index (χ0) is 16.5. The van der Waals surface area contributed by atoms with Gasteiger partial charge in [-0.2, -0.15) is 4.98 Å². The van der Waals surface area contributed by atoms with Gasteiger partial charge in [-0.3, -0.25) is 9.13 Å². The number of nitrogen functional groups attached to an aromatic ring is 1. The average molecular weight is 333 g/mol. The Bertz CT molecular complexity index is 670. The number of hydrogen-bond acceptors (Lipinski definition) is 6. The first-order valence-electron chi connectivity index (χ1n) is 6.46. The van der Waals surface area contributed by atoms with Crippen molar-refractivity contribution >= 4 is 19.4 Å². The first-order valence-corrected chi connectivity index (χ1v) is 8.15. The van der Waals surface area contributed by atoms with E-state index >= 15 is 0 Å². The average Bonchev–Trinajstić information content (AvgIpc) is 2.82. The minimum atomic E-state index is -4.91. The molecule has 1 heterocycles. The smallest absolute Gasteiger partial charge is 0.365 e. The van der Waals surface area contributed by atoms with Gasteiger partial charge in [0.25, 0.3) is 5.85 Å². The molecular weight excluding hydrogens is 317 g/mol. The number of anilines is 1. The molecule has 22 heavy (non-hydrogen) atoms. The number of nitrogens with zero attached hydrogens (tertiary/aromatic N) is 2. The van der Waals surface area contributed by atoms with Gasteiger partial charge in [0.05, 0.1) is 6.10 Å². The van der Waals surface area contributed by atoms with Crippen LogP contribution in [0.25, 0.3) is 0 Å². The van der Waals surface area contributed by atoms with E-state index in [1.807, 2.05) is 0 Å². The normalized spacial score (nSPS) is 23.4. The Hall–Kier alpha value is -1.74. The number of carboxylic acid groups (broad SMARTS) is 1. The van der Waals surface area contributed by atoms with Crippen LogP contribution < -0.4 is 11.4 Å². The van der Waals surface area contributed by atoms with Crippen LogP contribution in [-0.2, 0) is 14.1 Å². The Morgan fingerprint density at radius 1 is 1.50 bits per heavy atom. The monoisotopic (exact) mass is 333 g/mol. The quantitative estimate of drug-likeness (QED) is 0.521. The number of aliphatic carboxylic acids is 1. The molecule has 1 saturated carbocycles. The van der Waals surface area contributed by atoms with Crippen LogP contribution in [0.2, 0.25) is 0 Å². The summed E-state index contributed by atoms with van der Waals surface area (Å²) in [7, 11) is -4.91. The fourth-order valence-electron chi connectivity index (χ4n) is 2.46. The van der Waals surface area contributed by atoms with Crippen LogP contribution in [0.1, 0.15) is 25.3 Å².